The Balaban J connectivity index is 2.15. The summed E-state index contributed by atoms with van der Waals surface area (Å²) in [5, 5.41) is 12.5. The van der Waals surface area contributed by atoms with Gasteiger partial charge in [0, 0.05) is 5.41 Å². The zero-order valence-electron chi connectivity index (χ0n) is 11.3. The van der Waals surface area contributed by atoms with Gasteiger partial charge in [-0.25, -0.2) is 9.78 Å². The van der Waals surface area contributed by atoms with Crippen LogP contribution in [-0.2, 0) is 10.2 Å². The van der Waals surface area contributed by atoms with Gasteiger partial charge in [-0.1, -0.05) is 32.1 Å². The van der Waals surface area contributed by atoms with E-state index in [1.54, 1.807) is 0 Å². The molecule has 1 N–H and O–H groups in total. The quantitative estimate of drug-likeness (QED) is 0.838. The molecular formula is C13H17N3O2S. The van der Waals surface area contributed by atoms with Gasteiger partial charge in [-0.05, 0) is 19.4 Å². The van der Waals surface area contributed by atoms with E-state index in [1.165, 1.54) is 0 Å². The van der Waals surface area contributed by atoms with Gasteiger partial charge in [0.2, 0.25) is 0 Å². The lowest BCUT2D eigenvalue weighted by Crippen LogP contribution is -2.34. The SMILES string of the molecule is CC(C)(C)c1nc(OC(=O)C2CCCN2)sc1C#N. The van der Waals surface area contributed by atoms with Gasteiger partial charge in [0.25, 0.3) is 5.19 Å². The van der Waals surface area contributed by atoms with Gasteiger partial charge < -0.3 is 10.1 Å². The first kappa shape index (κ1) is 14.0. The summed E-state index contributed by atoms with van der Waals surface area (Å²) < 4.78 is 5.27. The van der Waals surface area contributed by atoms with Gasteiger partial charge in [0.1, 0.15) is 17.0 Å². The number of hydrogen-bond acceptors (Lipinski definition) is 6. The second-order valence-electron chi connectivity index (χ2n) is 5.59. The molecule has 2 heterocycles. The molecule has 0 aromatic carbocycles. The lowest BCUT2D eigenvalue weighted by Gasteiger charge is -2.15. The molecule has 0 bridgehead atoms. The van der Waals surface area contributed by atoms with Gasteiger partial charge >= 0.3 is 5.97 Å². The van der Waals surface area contributed by atoms with E-state index in [0.29, 0.717) is 10.6 Å². The van der Waals surface area contributed by atoms with Crippen molar-refractivity contribution in [3.05, 3.63) is 10.6 Å². The van der Waals surface area contributed by atoms with Crippen LogP contribution in [0.5, 0.6) is 5.19 Å². The molecule has 1 atom stereocenters. The van der Waals surface area contributed by atoms with Crippen LogP contribution in [0.2, 0.25) is 0 Å². The molecule has 0 radical (unpaired) electrons. The third kappa shape index (κ3) is 3.11. The number of ether oxygens (including phenoxy) is 1. The molecule has 0 aliphatic carbocycles. The Kier molecular flexibility index (Phi) is 3.88. The van der Waals surface area contributed by atoms with Crippen molar-refractivity contribution in [2.24, 2.45) is 0 Å². The summed E-state index contributed by atoms with van der Waals surface area (Å²) in [5.74, 6) is -0.309. The molecule has 1 fully saturated rings. The summed E-state index contributed by atoms with van der Waals surface area (Å²) >= 11 is 1.13. The predicted molar refractivity (Wildman–Crippen MR) is 72.2 cm³/mol. The Bertz CT molecular complexity index is 519. The number of hydrogen-bond donors (Lipinski definition) is 1. The molecule has 6 heteroatoms. The van der Waals surface area contributed by atoms with Crippen LogP contribution in [-0.4, -0.2) is 23.5 Å². The molecule has 2 rings (SSSR count). The largest absolute Gasteiger partial charge is 0.397 e. The van der Waals surface area contributed by atoms with Crippen LogP contribution in [0.25, 0.3) is 0 Å². The number of aromatic nitrogens is 1. The second-order valence-corrected chi connectivity index (χ2v) is 6.55. The Morgan fingerprint density at radius 1 is 1.58 bits per heavy atom. The zero-order valence-corrected chi connectivity index (χ0v) is 12.1. The van der Waals surface area contributed by atoms with Gasteiger partial charge in [0.05, 0.1) is 5.69 Å². The number of rotatable bonds is 2. The van der Waals surface area contributed by atoms with Crippen molar-refractivity contribution in [1.82, 2.24) is 10.3 Å². The van der Waals surface area contributed by atoms with E-state index in [1.807, 2.05) is 20.8 Å². The highest BCUT2D eigenvalue weighted by atomic mass is 32.1. The normalized spacial score (nSPS) is 19.2. The minimum absolute atomic E-state index is 0.238. The molecule has 0 spiro atoms. The highest BCUT2D eigenvalue weighted by Crippen LogP contribution is 2.32. The highest BCUT2D eigenvalue weighted by Gasteiger charge is 2.28. The maximum Gasteiger partial charge on any atom is 0.330 e. The fourth-order valence-electron chi connectivity index (χ4n) is 1.97. The highest BCUT2D eigenvalue weighted by molar-refractivity contribution is 7.14. The van der Waals surface area contributed by atoms with Gasteiger partial charge in [-0.15, -0.1) is 0 Å². The molecule has 1 aliphatic rings. The average molecular weight is 279 g/mol. The van der Waals surface area contributed by atoms with Gasteiger partial charge in [0.15, 0.2) is 0 Å². The minimum Gasteiger partial charge on any atom is -0.397 e. The maximum atomic E-state index is 11.9. The molecular weight excluding hydrogens is 262 g/mol. The molecule has 1 aromatic rings. The Morgan fingerprint density at radius 3 is 2.79 bits per heavy atom. The van der Waals surface area contributed by atoms with E-state index in [0.717, 1.165) is 30.7 Å². The van der Waals surface area contributed by atoms with Crippen molar-refractivity contribution in [2.45, 2.75) is 45.1 Å². The summed E-state index contributed by atoms with van der Waals surface area (Å²) in [6.07, 6.45) is 1.77. The number of carbonyl (C=O) groups excluding carboxylic acids is 1. The first-order valence-corrected chi connectivity index (χ1v) is 7.10. The van der Waals surface area contributed by atoms with Gasteiger partial charge in [-0.2, -0.15) is 5.26 Å². The van der Waals surface area contributed by atoms with E-state index < -0.39 is 0 Å². The number of nitrogens with zero attached hydrogens (tertiary/aromatic N) is 2. The number of nitrogens with one attached hydrogen (secondary N) is 1. The summed E-state index contributed by atoms with van der Waals surface area (Å²) in [5.41, 5.74) is 0.444. The fourth-order valence-corrected chi connectivity index (χ4v) is 2.90. The molecule has 5 nitrogen and oxygen atoms in total. The van der Waals surface area contributed by atoms with Crippen LogP contribution in [0.15, 0.2) is 0 Å². The first-order chi connectivity index (χ1) is 8.91. The third-order valence-electron chi connectivity index (χ3n) is 2.95. The Hall–Kier alpha value is -1.45. The van der Waals surface area contributed by atoms with Crippen molar-refractivity contribution < 1.29 is 9.53 Å². The van der Waals surface area contributed by atoms with E-state index in [2.05, 4.69) is 16.4 Å². The van der Waals surface area contributed by atoms with Crippen molar-refractivity contribution in [1.29, 1.82) is 5.26 Å². The summed E-state index contributed by atoms with van der Waals surface area (Å²) in [6, 6.07) is 1.87. The average Bonchev–Trinajstić information content (AvgIpc) is 2.96. The number of nitriles is 1. The number of esters is 1. The Labute approximate surface area is 116 Å². The second kappa shape index (κ2) is 5.27. The number of thiazole rings is 1. The summed E-state index contributed by atoms with van der Waals surface area (Å²) in [6.45, 7) is 6.78. The molecule has 1 unspecified atom stereocenters. The van der Waals surface area contributed by atoms with E-state index in [-0.39, 0.29) is 22.6 Å². The zero-order chi connectivity index (χ0) is 14.0. The van der Waals surface area contributed by atoms with Gasteiger partial charge in [-0.3, -0.25) is 0 Å². The number of carbonyl (C=O) groups is 1. The maximum absolute atomic E-state index is 11.9. The topological polar surface area (TPSA) is 75.0 Å². The van der Waals surface area contributed by atoms with E-state index in [9.17, 15) is 4.79 Å². The molecule has 19 heavy (non-hydrogen) atoms. The van der Waals surface area contributed by atoms with Crippen molar-refractivity contribution >= 4 is 17.3 Å². The molecule has 0 saturated carbocycles. The molecule has 1 saturated heterocycles. The van der Waals surface area contributed by atoms with Crippen molar-refractivity contribution in [2.75, 3.05) is 6.54 Å². The van der Waals surface area contributed by atoms with Crippen LogP contribution < -0.4 is 10.1 Å². The standard InChI is InChI=1S/C13H17N3O2S/c1-13(2,3)10-9(7-14)19-12(16-10)18-11(17)8-5-4-6-15-8/h8,15H,4-6H2,1-3H3. The van der Waals surface area contributed by atoms with E-state index >= 15 is 0 Å². The monoisotopic (exact) mass is 279 g/mol. The molecule has 1 aromatic heterocycles. The summed E-state index contributed by atoms with van der Waals surface area (Å²) in [4.78, 5) is 16.7. The van der Waals surface area contributed by atoms with Crippen LogP contribution in [0, 0.1) is 11.3 Å². The lowest BCUT2D eigenvalue weighted by molar-refractivity contribution is -0.136. The van der Waals surface area contributed by atoms with Crippen LogP contribution in [0.3, 0.4) is 0 Å². The van der Waals surface area contributed by atoms with E-state index in [4.69, 9.17) is 10.00 Å². The van der Waals surface area contributed by atoms with Crippen LogP contribution >= 0.6 is 11.3 Å². The minimum atomic E-state index is -0.309. The molecule has 102 valence electrons. The van der Waals surface area contributed by atoms with Crippen molar-refractivity contribution in [3.63, 3.8) is 0 Å². The first-order valence-electron chi connectivity index (χ1n) is 6.28. The molecule has 0 amide bonds. The Morgan fingerprint density at radius 2 is 2.32 bits per heavy atom. The fraction of sp³-hybridized carbons (Fsp3) is 0.615. The van der Waals surface area contributed by atoms with Crippen LogP contribution in [0.1, 0.15) is 44.2 Å². The molecule has 1 aliphatic heterocycles. The smallest absolute Gasteiger partial charge is 0.330 e. The van der Waals surface area contributed by atoms with Crippen LogP contribution in [0.4, 0.5) is 0 Å². The summed E-state index contributed by atoms with van der Waals surface area (Å²) in [7, 11) is 0. The predicted octanol–water partition coefficient (Wildman–Crippen LogP) is 1.97. The lowest BCUT2D eigenvalue weighted by atomic mass is 9.91. The van der Waals surface area contributed by atoms with Crippen molar-refractivity contribution in [3.8, 4) is 11.3 Å². The third-order valence-corrected chi connectivity index (χ3v) is 3.79.